The number of alkyl halides is 1. The fraction of sp³-hybridized carbons (Fsp3) is 0.133. The summed E-state index contributed by atoms with van der Waals surface area (Å²) in [6.45, 7) is 0.512. The van der Waals surface area contributed by atoms with Gasteiger partial charge in [-0.1, -0.05) is 24.3 Å². The van der Waals surface area contributed by atoms with Gasteiger partial charge in [0.25, 0.3) is 0 Å². The van der Waals surface area contributed by atoms with Crippen molar-refractivity contribution < 1.29 is 4.74 Å². The number of nitrogens with zero attached hydrogens (tertiary/aromatic N) is 1. The van der Waals surface area contributed by atoms with Crippen molar-refractivity contribution in [1.29, 1.82) is 5.26 Å². The van der Waals surface area contributed by atoms with Crippen molar-refractivity contribution in [3.05, 3.63) is 64.7 Å². The smallest absolute Gasteiger partial charge is 0.124 e. The van der Waals surface area contributed by atoms with Gasteiger partial charge in [0, 0.05) is 5.56 Å². The molecule has 1 heterocycles. The molecule has 1 aliphatic rings. The summed E-state index contributed by atoms with van der Waals surface area (Å²) in [7, 11) is 0. The quantitative estimate of drug-likeness (QED) is 0.671. The van der Waals surface area contributed by atoms with Crippen LogP contribution in [-0.2, 0) is 6.61 Å². The third-order valence-corrected chi connectivity index (χ3v) is 3.59. The van der Waals surface area contributed by atoms with Crippen molar-refractivity contribution >= 4 is 11.6 Å². The van der Waals surface area contributed by atoms with E-state index in [4.69, 9.17) is 21.6 Å². The fourth-order valence-electron chi connectivity index (χ4n) is 2.18. The second-order valence-electron chi connectivity index (χ2n) is 4.21. The lowest BCUT2D eigenvalue weighted by Gasteiger charge is -2.11. The topological polar surface area (TPSA) is 33.0 Å². The molecule has 2 aromatic carbocycles. The second-order valence-corrected chi connectivity index (χ2v) is 4.65. The molecule has 3 heteroatoms. The lowest BCUT2D eigenvalue weighted by atomic mass is 9.99. The maximum atomic E-state index is 8.96. The van der Waals surface area contributed by atoms with E-state index < -0.39 is 0 Å². The number of benzene rings is 2. The molecule has 1 unspecified atom stereocenters. The molecule has 0 bridgehead atoms. The summed E-state index contributed by atoms with van der Waals surface area (Å²) in [5.74, 6) is 0.755. The van der Waals surface area contributed by atoms with Crippen LogP contribution in [0.3, 0.4) is 0 Å². The first-order valence-corrected chi connectivity index (χ1v) is 6.12. The third kappa shape index (κ3) is 1.73. The van der Waals surface area contributed by atoms with Gasteiger partial charge >= 0.3 is 0 Å². The Hall–Kier alpha value is -1.98. The first kappa shape index (κ1) is 11.1. The van der Waals surface area contributed by atoms with Gasteiger partial charge in [-0.3, -0.25) is 0 Å². The van der Waals surface area contributed by atoms with Crippen LogP contribution in [0.1, 0.15) is 27.6 Å². The van der Waals surface area contributed by atoms with E-state index in [-0.39, 0.29) is 5.38 Å². The van der Waals surface area contributed by atoms with E-state index in [0.29, 0.717) is 12.2 Å². The van der Waals surface area contributed by atoms with Crippen LogP contribution < -0.4 is 4.74 Å². The summed E-state index contributed by atoms with van der Waals surface area (Å²) < 4.78 is 5.75. The van der Waals surface area contributed by atoms with Crippen LogP contribution in [0.15, 0.2) is 42.5 Å². The van der Waals surface area contributed by atoms with Crippen molar-refractivity contribution in [1.82, 2.24) is 0 Å². The Morgan fingerprint density at radius 3 is 2.83 bits per heavy atom. The van der Waals surface area contributed by atoms with Crippen molar-refractivity contribution in [2.45, 2.75) is 12.0 Å². The van der Waals surface area contributed by atoms with Crippen molar-refractivity contribution in [3.63, 3.8) is 0 Å². The number of halogens is 1. The monoisotopic (exact) mass is 255 g/mol. The van der Waals surface area contributed by atoms with E-state index in [1.807, 2.05) is 30.3 Å². The highest BCUT2D eigenvalue weighted by Crippen LogP contribution is 2.40. The molecule has 0 aliphatic carbocycles. The molecule has 18 heavy (non-hydrogen) atoms. The Balaban J connectivity index is 2.18. The number of ether oxygens (including phenoxy) is 1. The average Bonchev–Trinajstić information content (AvgIpc) is 2.57. The standard InChI is InChI=1S/C15H10ClNO/c16-15-12-4-2-1-3-11(12)9-18-14-6-5-10(8-17)7-13(14)15/h1-7,15H,9H2. The molecule has 0 saturated heterocycles. The summed E-state index contributed by atoms with van der Waals surface area (Å²) in [6.07, 6.45) is 0. The van der Waals surface area contributed by atoms with Gasteiger partial charge in [-0.2, -0.15) is 5.26 Å². The van der Waals surface area contributed by atoms with Gasteiger partial charge in [-0.15, -0.1) is 11.6 Å². The van der Waals surface area contributed by atoms with Gasteiger partial charge in [0.15, 0.2) is 0 Å². The second kappa shape index (κ2) is 4.36. The Morgan fingerprint density at radius 2 is 2.00 bits per heavy atom. The molecule has 0 radical (unpaired) electrons. The van der Waals surface area contributed by atoms with E-state index >= 15 is 0 Å². The molecular weight excluding hydrogens is 246 g/mol. The molecule has 0 spiro atoms. The van der Waals surface area contributed by atoms with E-state index in [0.717, 1.165) is 22.4 Å². The van der Waals surface area contributed by atoms with Gasteiger partial charge in [-0.25, -0.2) is 0 Å². The van der Waals surface area contributed by atoms with Gasteiger partial charge in [0.2, 0.25) is 0 Å². The number of rotatable bonds is 0. The number of nitriles is 1. The third-order valence-electron chi connectivity index (χ3n) is 3.12. The summed E-state index contributed by atoms with van der Waals surface area (Å²) in [5.41, 5.74) is 3.60. The molecule has 0 aromatic heterocycles. The van der Waals surface area contributed by atoms with Crippen LogP contribution in [0.2, 0.25) is 0 Å². The summed E-state index contributed by atoms with van der Waals surface area (Å²) in [5, 5.41) is 8.69. The van der Waals surface area contributed by atoms with E-state index in [1.165, 1.54) is 0 Å². The number of hydrogen-bond acceptors (Lipinski definition) is 2. The van der Waals surface area contributed by atoms with Crippen LogP contribution in [0.25, 0.3) is 0 Å². The molecule has 0 saturated carbocycles. The normalized spacial score (nSPS) is 16.8. The van der Waals surface area contributed by atoms with E-state index in [1.54, 1.807) is 12.1 Å². The Bertz CT molecular complexity index is 645. The summed E-state index contributed by atoms with van der Waals surface area (Å²) in [6, 6.07) is 15.5. The zero-order chi connectivity index (χ0) is 12.5. The SMILES string of the molecule is N#Cc1ccc2c(c1)C(Cl)c1ccccc1CO2. The zero-order valence-electron chi connectivity index (χ0n) is 9.56. The van der Waals surface area contributed by atoms with Crippen molar-refractivity contribution in [2.24, 2.45) is 0 Å². The van der Waals surface area contributed by atoms with E-state index in [9.17, 15) is 0 Å². The number of hydrogen-bond donors (Lipinski definition) is 0. The van der Waals surface area contributed by atoms with Crippen molar-refractivity contribution in [3.8, 4) is 11.8 Å². The highest BCUT2D eigenvalue weighted by atomic mass is 35.5. The lowest BCUT2D eigenvalue weighted by Crippen LogP contribution is -1.95. The van der Waals surface area contributed by atoms with Crippen LogP contribution in [0, 0.1) is 11.3 Å². The van der Waals surface area contributed by atoms with Gasteiger partial charge in [-0.05, 0) is 29.3 Å². The first-order valence-electron chi connectivity index (χ1n) is 5.68. The Labute approximate surface area is 110 Å². The molecule has 2 aromatic rings. The molecule has 0 N–H and O–H groups in total. The highest BCUT2D eigenvalue weighted by Gasteiger charge is 2.22. The Morgan fingerprint density at radius 1 is 1.17 bits per heavy atom. The van der Waals surface area contributed by atoms with Gasteiger partial charge in [0.05, 0.1) is 17.0 Å². The molecular formula is C15H10ClNO. The maximum Gasteiger partial charge on any atom is 0.124 e. The molecule has 1 atom stereocenters. The molecule has 2 nitrogen and oxygen atoms in total. The maximum absolute atomic E-state index is 8.96. The minimum Gasteiger partial charge on any atom is -0.489 e. The van der Waals surface area contributed by atoms with Crippen LogP contribution >= 0.6 is 11.6 Å². The number of fused-ring (bicyclic) bond motifs is 2. The first-order chi connectivity index (χ1) is 8.79. The van der Waals surface area contributed by atoms with E-state index in [2.05, 4.69) is 6.07 Å². The van der Waals surface area contributed by atoms with Crippen LogP contribution in [0.5, 0.6) is 5.75 Å². The Kier molecular flexibility index (Phi) is 2.70. The van der Waals surface area contributed by atoms with Gasteiger partial charge < -0.3 is 4.74 Å². The minimum atomic E-state index is -0.271. The predicted molar refractivity (Wildman–Crippen MR) is 69.6 cm³/mol. The van der Waals surface area contributed by atoms with Gasteiger partial charge in [0.1, 0.15) is 12.4 Å². The predicted octanol–water partition coefficient (Wildman–Crippen LogP) is 3.78. The molecule has 3 rings (SSSR count). The lowest BCUT2D eigenvalue weighted by molar-refractivity contribution is 0.307. The molecule has 1 aliphatic heterocycles. The van der Waals surface area contributed by atoms with Crippen LogP contribution in [0.4, 0.5) is 0 Å². The van der Waals surface area contributed by atoms with Crippen LogP contribution in [-0.4, -0.2) is 0 Å². The largest absolute Gasteiger partial charge is 0.489 e. The molecule has 0 fully saturated rings. The molecule has 0 amide bonds. The highest BCUT2D eigenvalue weighted by molar-refractivity contribution is 6.23. The van der Waals surface area contributed by atoms with Crippen molar-refractivity contribution in [2.75, 3.05) is 0 Å². The minimum absolute atomic E-state index is 0.271. The average molecular weight is 256 g/mol. The summed E-state index contributed by atoms with van der Waals surface area (Å²) >= 11 is 6.52. The molecule has 88 valence electrons. The fourth-order valence-corrected chi connectivity index (χ4v) is 2.57. The zero-order valence-corrected chi connectivity index (χ0v) is 10.3. The summed E-state index contributed by atoms with van der Waals surface area (Å²) in [4.78, 5) is 0.